The minimum absolute atomic E-state index is 0.813. The molecule has 0 aliphatic carbocycles. The van der Waals surface area contributed by atoms with Crippen molar-refractivity contribution in [2.45, 2.75) is 33.2 Å². The van der Waals surface area contributed by atoms with Gasteiger partial charge in [-0.15, -0.1) is 0 Å². The SMILES string of the molecule is CC(C)CCCNCCn1ccc2ccc(Br)cc21. The third-order valence-electron chi connectivity index (χ3n) is 3.40. The Morgan fingerprint density at radius 2 is 2.05 bits per heavy atom. The lowest BCUT2D eigenvalue weighted by molar-refractivity contribution is 0.517. The second-order valence-corrected chi connectivity index (χ2v) is 6.41. The van der Waals surface area contributed by atoms with Crippen molar-refractivity contribution in [3.8, 4) is 0 Å². The highest BCUT2D eigenvalue weighted by atomic mass is 79.9. The molecule has 0 aliphatic rings. The summed E-state index contributed by atoms with van der Waals surface area (Å²) in [7, 11) is 0. The minimum atomic E-state index is 0.813. The topological polar surface area (TPSA) is 17.0 Å². The number of hydrogen-bond acceptors (Lipinski definition) is 1. The Morgan fingerprint density at radius 3 is 2.84 bits per heavy atom. The molecule has 2 rings (SSSR count). The number of nitrogens with zero attached hydrogens (tertiary/aromatic N) is 1. The second-order valence-electron chi connectivity index (χ2n) is 5.50. The van der Waals surface area contributed by atoms with Crippen LogP contribution in [-0.2, 0) is 6.54 Å². The molecule has 2 nitrogen and oxygen atoms in total. The lowest BCUT2D eigenvalue weighted by Gasteiger charge is -2.08. The van der Waals surface area contributed by atoms with Crippen LogP contribution in [0.5, 0.6) is 0 Å². The number of hydrogen-bond donors (Lipinski definition) is 1. The molecular formula is C16H23BrN2. The number of fused-ring (bicyclic) bond motifs is 1. The number of rotatable bonds is 7. The maximum Gasteiger partial charge on any atom is 0.0492 e. The van der Waals surface area contributed by atoms with Crippen LogP contribution in [0.15, 0.2) is 34.9 Å². The van der Waals surface area contributed by atoms with Crippen molar-refractivity contribution in [1.82, 2.24) is 9.88 Å². The van der Waals surface area contributed by atoms with E-state index in [0.717, 1.165) is 30.0 Å². The van der Waals surface area contributed by atoms with E-state index in [1.807, 2.05) is 0 Å². The van der Waals surface area contributed by atoms with Crippen LogP contribution in [-0.4, -0.2) is 17.7 Å². The Labute approximate surface area is 124 Å². The molecule has 0 radical (unpaired) electrons. The monoisotopic (exact) mass is 322 g/mol. The van der Waals surface area contributed by atoms with E-state index in [1.165, 1.54) is 23.7 Å². The molecule has 1 N–H and O–H groups in total. The quantitative estimate of drug-likeness (QED) is 0.746. The molecule has 0 bridgehead atoms. The molecule has 1 heterocycles. The normalized spacial score (nSPS) is 11.6. The predicted molar refractivity (Wildman–Crippen MR) is 86.6 cm³/mol. The van der Waals surface area contributed by atoms with Gasteiger partial charge in [0.25, 0.3) is 0 Å². The van der Waals surface area contributed by atoms with Gasteiger partial charge in [-0.1, -0.05) is 35.8 Å². The summed E-state index contributed by atoms with van der Waals surface area (Å²) in [6.07, 6.45) is 4.76. The van der Waals surface area contributed by atoms with Crippen molar-refractivity contribution in [3.05, 3.63) is 34.9 Å². The van der Waals surface area contributed by atoms with Crippen molar-refractivity contribution in [2.75, 3.05) is 13.1 Å². The molecular weight excluding hydrogens is 300 g/mol. The molecule has 19 heavy (non-hydrogen) atoms. The third-order valence-corrected chi connectivity index (χ3v) is 3.89. The van der Waals surface area contributed by atoms with Crippen molar-refractivity contribution in [2.24, 2.45) is 5.92 Å². The van der Waals surface area contributed by atoms with Crippen LogP contribution in [0.1, 0.15) is 26.7 Å². The summed E-state index contributed by atoms with van der Waals surface area (Å²) in [5.41, 5.74) is 1.30. The second kappa shape index (κ2) is 7.11. The highest BCUT2D eigenvalue weighted by molar-refractivity contribution is 9.10. The van der Waals surface area contributed by atoms with Crippen molar-refractivity contribution in [3.63, 3.8) is 0 Å². The van der Waals surface area contributed by atoms with E-state index < -0.39 is 0 Å². The summed E-state index contributed by atoms with van der Waals surface area (Å²) in [6, 6.07) is 8.62. The molecule has 0 spiro atoms. The number of nitrogens with one attached hydrogen (secondary N) is 1. The van der Waals surface area contributed by atoms with Gasteiger partial charge >= 0.3 is 0 Å². The average Bonchev–Trinajstić information content (AvgIpc) is 2.76. The number of halogens is 1. The lowest BCUT2D eigenvalue weighted by atomic mass is 10.1. The average molecular weight is 323 g/mol. The van der Waals surface area contributed by atoms with E-state index in [1.54, 1.807) is 0 Å². The van der Waals surface area contributed by atoms with Gasteiger partial charge in [0, 0.05) is 29.3 Å². The van der Waals surface area contributed by atoms with Gasteiger partial charge in [-0.25, -0.2) is 0 Å². The number of aromatic nitrogens is 1. The van der Waals surface area contributed by atoms with E-state index in [9.17, 15) is 0 Å². The van der Waals surface area contributed by atoms with E-state index in [4.69, 9.17) is 0 Å². The van der Waals surface area contributed by atoms with Gasteiger partial charge in [0.1, 0.15) is 0 Å². The van der Waals surface area contributed by atoms with Gasteiger partial charge < -0.3 is 9.88 Å². The highest BCUT2D eigenvalue weighted by Crippen LogP contribution is 2.20. The Balaban J connectivity index is 1.80. The van der Waals surface area contributed by atoms with Crippen LogP contribution in [0, 0.1) is 5.92 Å². The van der Waals surface area contributed by atoms with Gasteiger partial charge in [0.15, 0.2) is 0 Å². The van der Waals surface area contributed by atoms with Crippen molar-refractivity contribution in [1.29, 1.82) is 0 Å². The van der Waals surface area contributed by atoms with E-state index >= 15 is 0 Å². The first-order chi connectivity index (χ1) is 9.16. The fourth-order valence-electron chi connectivity index (χ4n) is 2.31. The first kappa shape index (κ1) is 14.6. The Bertz CT molecular complexity index is 516. The summed E-state index contributed by atoms with van der Waals surface area (Å²) in [4.78, 5) is 0. The zero-order valence-corrected chi connectivity index (χ0v) is 13.4. The molecule has 2 aromatic rings. The molecule has 0 aliphatic heterocycles. The molecule has 0 atom stereocenters. The van der Waals surface area contributed by atoms with Crippen LogP contribution in [0.4, 0.5) is 0 Å². The molecule has 3 heteroatoms. The summed E-state index contributed by atoms with van der Waals surface area (Å²) >= 11 is 3.54. The Morgan fingerprint density at radius 1 is 1.21 bits per heavy atom. The lowest BCUT2D eigenvalue weighted by Crippen LogP contribution is -2.21. The largest absolute Gasteiger partial charge is 0.346 e. The molecule has 0 saturated heterocycles. The molecule has 0 amide bonds. The molecule has 1 aromatic carbocycles. The standard InChI is InChI=1S/C16H23BrN2/c1-13(2)4-3-8-18-9-11-19-10-7-14-5-6-15(17)12-16(14)19/h5-7,10,12-13,18H,3-4,8-9,11H2,1-2H3. The summed E-state index contributed by atoms with van der Waals surface area (Å²) in [6.45, 7) is 7.75. The van der Waals surface area contributed by atoms with Crippen LogP contribution in [0.3, 0.4) is 0 Å². The van der Waals surface area contributed by atoms with Gasteiger partial charge in [0.2, 0.25) is 0 Å². The minimum Gasteiger partial charge on any atom is -0.346 e. The van der Waals surface area contributed by atoms with E-state index in [2.05, 4.69) is 70.1 Å². The molecule has 1 aromatic heterocycles. The van der Waals surface area contributed by atoms with Gasteiger partial charge in [-0.3, -0.25) is 0 Å². The van der Waals surface area contributed by atoms with Crippen LogP contribution in [0.25, 0.3) is 10.9 Å². The Kier molecular flexibility index (Phi) is 5.46. The van der Waals surface area contributed by atoms with Crippen molar-refractivity contribution >= 4 is 26.8 Å². The van der Waals surface area contributed by atoms with E-state index in [0.29, 0.717) is 0 Å². The summed E-state index contributed by atoms with van der Waals surface area (Å²) < 4.78 is 3.46. The first-order valence-corrected chi connectivity index (χ1v) is 7.91. The van der Waals surface area contributed by atoms with Crippen LogP contribution >= 0.6 is 15.9 Å². The maximum atomic E-state index is 3.54. The van der Waals surface area contributed by atoms with Gasteiger partial charge in [0.05, 0.1) is 0 Å². The smallest absolute Gasteiger partial charge is 0.0492 e. The van der Waals surface area contributed by atoms with Gasteiger partial charge in [-0.05, 0) is 48.9 Å². The highest BCUT2D eigenvalue weighted by Gasteiger charge is 2.01. The number of benzene rings is 1. The zero-order chi connectivity index (χ0) is 13.7. The molecule has 0 saturated carbocycles. The molecule has 0 fully saturated rings. The molecule has 104 valence electrons. The summed E-state index contributed by atoms with van der Waals surface area (Å²) in [5, 5.41) is 4.83. The zero-order valence-electron chi connectivity index (χ0n) is 11.8. The Hall–Kier alpha value is -0.800. The summed E-state index contributed by atoms with van der Waals surface area (Å²) in [5.74, 6) is 0.813. The van der Waals surface area contributed by atoms with Crippen LogP contribution < -0.4 is 5.32 Å². The fraction of sp³-hybridized carbons (Fsp3) is 0.500. The third kappa shape index (κ3) is 4.36. The van der Waals surface area contributed by atoms with Gasteiger partial charge in [-0.2, -0.15) is 0 Å². The maximum absolute atomic E-state index is 3.54. The van der Waals surface area contributed by atoms with Crippen molar-refractivity contribution < 1.29 is 0 Å². The van der Waals surface area contributed by atoms with E-state index in [-0.39, 0.29) is 0 Å². The molecule has 0 unspecified atom stereocenters. The predicted octanol–water partition coefficient (Wildman–Crippen LogP) is 4.43. The fourth-order valence-corrected chi connectivity index (χ4v) is 2.66. The first-order valence-electron chi connectivity index (χ1n) is 7.12. The van der Waals surface area contributed by atoms with Crippen LogP contribution in [0.2, 0.25) is 0 Å².